The molecular weight excluding hydrogens is 388 g/mol. The number of ether oxygens (including phenoxy) is 1. The van der Waals surface area contributed by atoms with Gasteiger partial charge in [-0.15, -0.1) is 11.3 Å². The van der Waals surface area contributed by atoms with E-state index in [-0.39, 0.29) is 5.91 Å². The van der Waals surface area contributed by atoms with Crippen LogP contribution in [-0.4, -0.2) is 46.6 Å². The number of thiophene rings is 1. The summed E-state index contributed by atoms with van der Waals surface area (Å²) in [6, 6.07) is 9.37. The average molecular weight is 408 g/mol. The summed E-state index contributed by atoms with van der Waals surface area (Å²) in [5.41, 5.74) is 1.31. The number of carboxylic acids is 1. The monoisotopic (exact) mass is 408 g/mol. The fourth-order valence-electron chi connectivity index (χ4n) is 4.45. The molecule has 0 saturated carbocycles. The molecule has 6 nitrogen and oxygen atoms in total. The van der Waals surface area contributed by atoms with Crippen LogP contribution in [-0.2, 0) is 16.8 Å². The Morgan fingerprint density at radius 2 is 2.03 bits per heavy atom. The minimum atomic E-state index is -0.891. The lowest BCUT2D eigenvalue weighted by atomic mass is 9.85. The number of pyridine rings is 1. The Morgan fingerprint density at radius 3 is 2.83 bits per heavy atom. The molecule has 0 unspecified atom stereocenters. The number of amides is 1. The Morgan fingerprint density at radius 1 is 1.21 bits per heavy atom. The lowest BCUT2D eigenvalue weighted by Crippen LogP contribution is -2.47. The quantitative estimate of drug-likeness (QED) is 0.699. The van der Waals surface area contributed by atoms with Crippen molar-refractivity contribution in [3.63, 3.8) is 0 Å². The van der Waals surface area contributed by atoms with Crippen LogP contribution in [0.25, 0.3) is 10.8 Å². The molecule has 1 aromatic carbocycles. The summed E-state index contributed by atoms with van der Waals surface area (Å²) in [5.74, 6) is -0.873. The maximum Gasteiger partial charge on any atom is 0.345 e. The second-order valence-electron chi connectivity index (χ2n) is 7.56. The highest BCUT2D eigenvalue weighted by atomic mass is 32.1. The van der Waals surface area contributed by atoms with E-state index in [9.17, 15) is 14.7 Å². The van der Waals surface area contributed by atoms with Gasteiger partial charge in [0, 0.05) is 41.3 Å². The van der Waals surface area contributed by atoms with Crippen molar-refractivity contribution in [2.75, 3.05) is 19.7 Å². The number of fused-ring (bicyclic) bond motifs is 3. The van der Waals surface area contributed by atoms with Crippen molar-refractivity contribution < 1.29 is 19.4 Å². The van der Waals surface area contributed by atoms with Gasteiger partial charge in [-0.2, -0.15) is 0 Å². The van der Waals surface area contributed by atoms with Gasteiger partial charge >= 0.3 is 5.97 Å². The van der Waals surface area contributed by atoms with Gasteiger partial charge in [-0.05, 0) is 48.4 Å². The van der Waals surface area contributed by atoms with E-state index in [2.05, 4.69) is 4.98 Å². The first-order valence-electron chi connectivity index (χ1n) is 9.70. The van der Waals surface area contributed by atoms with E-state index < -0.39 is 11.6 Å². The molecule has 29 heavy (non-hydrogen) atoms. The summed E-state index contributed by atoms with van der Waals surface area (Å²) in [5, 5.41) is 11.2. The Balaban J connectivity index is 1.40. The fourth-order valence-corrected chi connectivity index (χ4v) is 5.70. The minimum Gasteiger partial charge on any atom is -0.477 e. The Hall–Kier alpha value is -2.77. The fraction of sp³-hybridized carbons (Fsp3) is 0.318. The summed E-state index contributed by atoms with van der Waals surface area (Å²) < 4.78 is 6.20. The number of rotatable bonds is 2. The SMILES string of the molecule is O=C(O)c1cc2c(s1)C1(CCN(C(=O)c3cccc4cnccc34)CC1)OCC2. The number of carbonyl (C=O) groups is 2. The smallest absolute Gasteiger partial charge is 0.345 e. The largest absolute Gasteiger partial charge is 0.477 e. The standard InChI is InChI=1S/C22H20N2O4S/c25-20(17-3-1-2-15-13-23-8-4-16(15)17)24-9-6-22(7-10-24)19-14(5-11-28-22)12-18(29-19)21(26)27/h1-4,8,12-13H,5-7,9-11H2,(H,26,27). The predicted molar refractivity (Wildman–Crippen MR) is 109 cm³/mol. The third-order valence-electron chi connectivity index (χ3n) is 5.95. The maximum absolute atomic E-state index is 13.2. The number of aromatic nitrogens is 1. The molecule has 2 aliphatic rings. The van der Waals surface area contributed by atoms with E-state index in [1.54, 1.807) is 18.5 Å². The summed E-state index contributed by atoms with van der Waals surface area (Å²) in [4.78, 5) is 32.0. The van der Waals surface area contributed by atoms with Gasteiger partial charge in [0.15, 0.2) is 0 Å². The van der Waals surface area contributed by atoms with Gasteiger partial charge in [0.2, 0.25) is 0 Å². The van der Waals surface area contributed by atoms with Crippen LogP contribution in [0.2, 0.25) is 0 Å². The lowest BCUT2D eigenvalue weighted by Gasteiger charge is -2.43. The summed E-state index contributed by atoms with van der Waals surface area (Å²) in [6.07, 6.45) is 5.58. The average Bonchev–Trinajstić information content (AvgIpc) is 3.20. The van der Waals surface area contributed by atoms with Crippen LogP contribution in [0.4, 0.5) is 0 Å². The first-order chi connectivity index (χ1) is 14.1. The molecule has 0 aliphatic carbocycles. The highest BCUT2D eigenvalue weighted by molar-refractivity contribution is 7.14. The number of nitrogens with zero attached hydrogens (tertiary/aromatic N) is 2. The van der Waals surface area contributed by atoms with Crippen LogP contribution >= 0.6 is 11.3 Å². The van der Waals surface area contributed by atoms with Crippen molar-refractivity contribution >= 4 is 34.0 Å². The molecule has 5 rings (SSSR count). The van der Waals surface area contributed by atoms with Crippen molar-refractivity contribution in [3.8, 4) is 0 Å². The molecule has 0 radical (unpaired) electrons. The second-order valence-corrected chi connectivity index (χ2v) is 8.61. The molecule has 1 saturated heterocycles. The van der Waals surface area contributed by atoms with E-state index in [1.165, 1.54) is 11.3 Å². The van der Waals surface area contributed by atoms with E-state index in [0.717, 1.165) is 27.6 Å². The predicted octanol–water partition coefficient (Wildman–Crippen LogP) is 3.70. The van der Waals surface area contributed by atoms with Gasteiger partial charge in [0.05, 0.1) is 6.61 Å². The van der Waals surface area contributed by atoms with E-state index in [4.69, 9.17) is 4.74 Å². The van der Waals surface area contributed by atoms with Gasteiger partial charge in [0.25, 0.3) is 5.91 Å². The zero-order valence-corrected chi connectivity index (χ0v) is 16.6. The molecule has 1 fully saturated rings. The number of hydrogen-bond donors (Lipinski definition) is 1. The van der Waals surface area contributed by atoms with E-state index in [1.807, 2.05) is 29.2 Å². The highest BCUT2D eigenvalue weighted by Crippen LogP contribution is 2.45. The van der Waals surface area contributed by atoms with Crippen molar-refractivity contribution in [1.29, 1.82) is 0 Å². The van der Waals surface area contributed by atoms with Gasteiger partial charge < -0.3 is 14.7 Å². The summed E-state index contributed by atoms with van der Waals surface area (Å²) >= 11 is 1.32. The number of carbonyl (C=O) groups excluding carboxylic acids is 1. The van der Waals surface area contributed by atoms with E-state index in [0.29, 0.717) is 43.0 Å². The molecule has 1 spiro atoms. The molecule has 2 aliphatic heterocycles. The van der Waals surface area contributed by atoms with Crippen LogP contribution < -0.4 is 0 Å². The summed E-state index contributed by atoms with van der Waals surface area (Å²) in [6.45, 7) is 1.76. The molecule has 2 aromatic heterocycles. The van der Waals surface area contributed by atoms with Gasteiger partial charge in [0.1, 0.15) is 10.5 Å². The lowest BCUT2D eigenvalue weighted by molar-refractivity contribution is -0.0906. The number of likely N-dealkylation sites (tertiary alicyclic amines) is 1. The first-order valence-corrected chi connectivity index (χ1v) is 10.5. The molecule has 0 bridgehead atoms. The van der Waals surface area contributed by atoms with Crippen molar-refractivity contribution in [3.05, 3.63) is 63.6 Å². The molecule has 1 N–H and O–H groups in total. The Labute approximate surface area is 171 Å². The van der Waals surface area contributed by atoms with E-state index >= 15 is 0 Å². The first kappa shape index (κ1) is 18.3. The van der Waals surface area contributed by atoms with Crippen molar-refractivity contribution in [2.45, 2.75) is 24.9 Å². The van der Waals surface area contributed by atoms with Crippen LogP contribution in [0.1, 0.15) is 43.3 Å². The van der Waals surface area contributed by atoms with Crippen LogP contribution in [0, 0.1) is 0 Å². The van der Waals surface area contributed by atoms with Crippen LogP contribution in [0.15, 0.2) is 42.7 Å². The molecule has 1 amide bonds. The highest BCUT2D eigenvalue weighted by Gasteiger charge is 2.43. The van der Waals surface area contributed by atoms with Crippen LogP contribution in [0.5, 0.6) is 0 Å². The van der Waals surface area contributed by atoms with Crippen molar-refractivity contribution in [2.24, 2.45) is 0 Å². The van der Waals surface area contributed by atoms with Gasteiger partial charge in [-0.1, -0.05) is 12.1 Å². The van der Waals surface area contributed by atoms with Gasteiger partial charge in [-0.3, -0.25) is 9.78 Å². The molecule has 148 valence electrons. The number of piperidine rings is 1. The Kier molecular flexibility index (Phi) is 4.37. The molecule has 7 heteroatoms. The number of carboxylic acid groups (broad SMARTS) is 1. The van der Waals surface area contributed by atoms with Crippen molar-refractivity contribution in [1.82, 2.24) is 9.88 Å². The normalized spacial score (nSPS) is 18.0. The molecular formula is C22H20N2O4S. The zero-order chi connectivity index (χ0) is 20.0. The summed E-state index contributed by atoms with van der Waals surface area (Å²) in [7, 11) is 0. The number of benzene rings is 1. The number of aromatic carboxylic acids is 1. The third kappa shape index (κ3) is 3.01. The van der Waals surface area contributed by atoms with Crippen LogP contribution in [0.3, 0.4) is 0 Å². The minimum absolute atomic E-state index is 0.0186. The topological polar surface area (TPSA) is 79.7 Å². The zero-order valence-electron chi connectivity index (χ0n) is 15.8. The molecule has 3 aromatic rings. The molecule has 0 atom stereocenters. The number of hydrogen-bond acceptors (Lipinski definition) is 5. The maximum atomic E-state index is 13.2. The Bertz CT molecular complexity index is 1110. The molecule has 4 heterocycles. The third-order valence-corrected chi connectivity index (χ3v) is 7.30. The second kappa shape index (κ2) is 6.93. The van der Waals surface area contributed by atoms with Gasteiger partial charge in [-0.25, -0.2) is 4.79 Å².